The zero-order valence-corrected chi connectivity index (χ0v) is 13.3. The highest BCUT2D eigenvalue weighted by Gasteiger charge is 2.49. The first-order valence-electron chi connectivity index (χ1n) is 7.38. The number of amides is 1. The second kappa shape index (κ2) is 5.49. The average molecular weight is 337 g/mol. The second-order valence-electron chi connectivity index (χ2n) is 6.19. The fourth-order valence-electron chi connectivity index (χ4n) is 3.94. The van der Waals surface area contributed by atoms with Gasteiger partial charge < -0.3 is 11.1 Å². The fourth-order valence-corrected chi connectivity index (χ4v) is 4.57. The Balaban J connectivity index is 1.69. The highest BCUT2D eigenvalue weighted by molar-refractivity contribution is 9.10. The molecule has 1 aromatic carbocycles. The van der Waals surface area contributed by atoms with Gasteiger partial charge in [-0.3, -0.25) is 4.79 Å². The average Bonchev–Trinajstić information content (AvgIpc) is 2.99. The number of fused-ring (bicyclic) bond motifs is 2. The maximum atomic E-state index is 12.5. The molecule has 2 aliphatic rings. The minimum Gasteiger partial charge on any atom is -0.349 e. The SMILES string of the molecule is CC(NC(=O)C1C2CCC(C2)C1N)c1ccccc1Br. The lowest BCUT2D eigenvalue weighted by molar-refractivity contribution is -0.127. The summed E-state index contributed by atoms with van der Waals surface area (Å²) in [5.74, 6) is 1.21. The summed E-state index contributed by atoms with van der Waals surface area (Å²) in [6.07, 6.45) is 3.51. The van der Waals surface area contributed by atoms with Gasteiger partial charge in [0.25, 0.3) is 0 Å². The molecule has 3 nitrogen and oxygen atoms in total. The molecule has 108 valence electrons. The molecule has 0 heterocycles. The molecule has 1 amide bonds. The molecule has 0 saturated heterocycles. The van der Waals surface area contributed by atoms with E-state index in [0.29, 0.717) is 11.8 Å². The van der Waals surface area contributed by atoms with Crippen molar-refractivity contribution in [2.45, 2.75) is 38.3 Å². The molecule has 3 rings (SSSR count). The lowest BCUT2D eigenvalue weighted by Crippen LogP contribution is -2.45. The maximum absolute atomic E-state index is 12.5. The molecular formula is C16H21BrN2O. The van der Waals surface area contributed by atoms with E-state index in [0.717, 1.165) is 16.5 Å². The van der Waals surface area contributed by atoms with Crippen LogP contribution in [0.4, 0.5) is 0 Å². The number of rotatable bonds is 3. The molecule has 1 aromatic rings. The van der Waals surface area contributed by atoms with Crippen LogP contribution in [-0.4, -0.2) is 11.9 Å². The topological polar surface area (TPSA) is 55.1 Å². The summed E-state index contributed by atoms with van der Waals surface area (Å²) in [4.78, 5) is 12.5. The number of halogens is 1. The van der Waals surface area contributed by atoms with Crippen molar-refractivity contribution < 1.29 is 4.79 Å². The Morgan fingerprint density at radius 1 is 1.35 bits per heavy atom. The Kier molecular flexibility index (Phi) is 3.87. The molecule has 4 heteroatoms. The van der Waals surface area contributed by atoms with Gasteiger partial charge in [-0.2, -0.15) is 0 Å². The number of nitrogens with two attached hydrogens (primary N) is 1. The second-order valence-corrected chi connectivity index (χ2v) is 7.04. The van der Waals surface area contributed by atoms with Crippen molar-refractivity contribution >= 4 is 21.8 Å². The predicted octanol–water partition coefficient (Wildman–Crippen LogP) is 3.00. The molecule has 0 aromatic heterocycles. The minimum absolute atomic E-state index is 0.00408. The van der Waals surface area contributed by atoms with Crippen LogP contribution >= 0.6 is 15.9 Å². The van der Waals surface area contributed by atoms with E-state index in [1.165, 1.54) is 12.8 Å². The molecule has 2 aliphatic carbocycles. The lowest BCUT2D eigenvalue weighted by atomic mass is 9.84. The summed E-state index contributed by atoms with van der Waals surface area (Å²) >= 11 is 3.54. The van der Waals surface area contributed by atoms with Crippen molar-refractivity contribution in [3.05, 3.63) is 34.3 Å². The van der Waals surface area contributed by atoms with Gasteiger partial charge >= 0.3 is 0 Å². The summed E-state index contributed by atoms with van der Waals surface area (Å²) < 4.78 is 1.03. The first kappa shape index (κ1) is 14.1. The van der Waals surface area contributed by atoms with E-state index in [1.54, 1.807) is 0 Å². The third-order valence-electron chi connectivity index (χ3n) is 5.01. The fraction of sp³-hybridized carbons (Fsp3) is 0.562. The monoisotopic (exact) mass is 336 g/mol. The molecule has 3 N–H and O–H groups in total. The Morgan fingerprint density at radius 3 is 2.70 bits per heavy atom. The van der Waals surface area contributed by atoms with Crippen molar-refractivity contribution in [3.8, 4) is 0 Å². The normalized spacial score (nSPS) is 33.1. The number of carbonyl (C=O) groups is 1. The van der Waals surface area contributed by atoms with E-state index in [2.05, 4.69) is 21.2 Å². The van der Waals surface area contributed by atoms with Crippen LogP contribution < -0.4 is 11.1 Å². The van der Waals surface area contributed by atoms with E-state index >= 15 is 0 Å². The number of carbonyl (C=O) groups excluding carboxylic acids is 1. The van der Waals surface area contributed by atoms with E-state index in [1.807, 2.05) is 31.2 Å². The van der Waals surface area contributed by atoms with Gasteiger partial charge in [0.1, 0.15) is 0 Å². The van der Waals surface area contributed by atoms with Crippen LogP contribution in [-0.2, 0) is 4.79 Å². The van der Waals surface area contributed by atoms with Gasteiger partial charge in [0.15, 0.2) is 0 Å². The third-order valence-corrected chi connectivity index (χ3v) is 5.74. The van der Waals surface area contributed by atoms with Gasteiger partial charge in [-0.25, -0.2) is 0 Å². The quantitative estimate of drug-likeness (QED) is 0.891. The zero-order chi connectivity index (χ0) is 14.3. The van der Waals surface area contributed by atoms with Gasteiger partial charge in [-0.05, 0) is 49.7 Å². The Bertz CT molecular complexity index is 517. The van der Waals surface area contributed by atoms with Crippen molar-refractivity contribution in [1.82, 2.24) is 5.32 Å². The molecule has 0 spiro atoms. The predicted molar refractivity (Wildman–Crippen MR) is 83.0 cm³/mol. The first-order chi connectivity index (χ1) is 9.58. The van der Waals surface area contributed by atoms with Gasteiger partial charge in [-0.1, -0.05) is 34.1 Å². The molecule has 2 fully saturated rings. The van der Waals surface area contributed by atoms with Crippen molar-refractivity contribution in [1.29, 1.82) is 0 Å². The maximum Gasteiger partial charge on any atom is 0.225 e. The van der Waals surface area contributed by atoms with Gasteiger partial charge in [0.2, 0.25) is 5.91 Å². The highest BCUT2D eigenvalue weighted by atomic mass is 79.9. The van der Waals surface area contributed by atoms with Gasteiger partial charge in [-0.15, -0.1) is 0 Å². The van der Waals surface area contributed by atoms with E-state index in [9.17, 15) is 4.79 Å². The third kappa shape index (κ3) is 2.40. The van der Waals surface area contributed by atoms with E-state index < -0.39 is 0 Å². The standard InChI is InChI=1S/C16H21BrN2O/c1-9(12-4-2-3-5-13(12)17)19-16(20)14-10-6-7-11(8-10)15(14)18/h2-5,9-11,14-15H,6-8,18H2,1H3,(H,19,20). The van der Waals surface area contributed by atoms with Crippen LogP contribution in [0.1, 0.15) is 37.8 Å². The van der Waals surface area contributed by atoms with E-state index in [4.69, 9.17) is 5.73 Å². The zero-order valence-electron chi connectivity index (χ0n) is 11.7. The van der Waals surface area contributed by atoms with Crippen molar-refractivity contribution in [3.63, 3.8) is 0 Å². The van der Waals surface area contributed by atoms with Crippen molar-refractivity contribution in [2.24, 2.45) is 23.5 Å². The van der Waals surface area contributed by atoms with Crippen LogP contribution in [0, 0.1) is 17.8 Å². The number of benzene rings is 1. The smallest absolute Gasteiger partial charge is 0.225 e. The highest BCUT2D eigenvalue weighted by Crippen LogP contribution is 2.47. The van der Waals surface area contributed by atoms with Crippen LogP contribution in [0.2, 0.25) is 0 Å². The van der Waals surface area contributed by atoms with Crippen LogP contribution in [0.5, 0.6) is 0 Å². The summed E-state index contributed by atoms with van der Waals surface area (Å²) in [6.45, 7) is 2.02. The van der Waals surface area contributed by atoms with Crippen LogP contribution in [0.25, 0.3) is 0 Å². The summed E-state index contributed by atoms with van der Waals surface area (Å²) in [5, 5.41) is 3.15. The van der Waals surface area contributed by atoms with Crippen LogP contribution in [0.15, 0.2) is 28.7 Å². The number of nitrogens with one attached hydrogen (secondary N) is 1. The van der Waals surface area contributed by atoms with Crippen LogP contribution in [0.3, 0.4) is 0 Å². The minimum atomic E-state index is 0.00408. The molecule has 2 bridgehead atoms. The first-order valence-corrected chi connectivity index (χ1v) is 8.17. The number of hydrogen-bond acceptors (Lipinski definition) is 2. The molecule has 0 aliphatic heterocycles. The largest absolute Gasteiger partial charge is 0.349 e. The Morgan fingerprint density at radius 2 is 2.05 bits per heavy atom. The molecule has 20 heavy (non-hydrogen) atoms. The summed E-state index contributed by atoms with van der Waals surface area (Å²) in [7, 11) is 0. The molecule has 2 saturated carbocycles. The summed E-state index contributed by atoms with van der Waals surface area (Å²) in [5.41, 5.74) is 7.35. The van der Waals surface area contributed by atoms with Gasteiger partial charge in [0.05, 0.1) is 12.0 Å². The Labute approximate surface area is 128 Å². The van der Waals surface area contributed by atoms with Gasteiger partial charge in [0, 0.05) is 10.5 Å². The molecular weight excluding hydrogens is 316 g/mol. The molecule has 5 atom stereocenters. The number of hydrogen-bond donors (Lipinski definition) is 2. The Hall–Kier alpha value is -0.870. The lowest BCUT2D eigenvalue weighted by Gasteiger charge is -2.28. The van der Waals surface area contributed by atoms with Crippen molar-refractivity contribution in [2.75, 3.05) is 0 Å². The molecule has 0 radical (unpaired) electrons. The van der Waals surface area contributed by atoms with E-state index in [-0.39, 0.29) is 23.9 Å². The molecule has 5 unspecified atom stereocenters. The summed E-state index contributed by atoms with van der Waals surface area (Å²) in [6, 6.07) is 8.07.